The van der Waals surface area contributed by atoms with E-state index >= 15 is 0 Å². The number of nitrogens with zero attached hydrogens (tertiary/aromatic N) is 3. The zero-order valence-electron chi connectivity index (χ0n) is 14.9. The lowest BCUT2D eigenvalue weighted by atomic mass is 10.1. The Morgan fingerprint density at radius 2 is 1.89 bits per heavy atom. The average Bonchev–Trinajstić information content (AvgIpc) is 2.71. The zero-order chi connectivity index (χ0) is 18.6. The molecule has 1 atom stereocenters. The van der Waals surface area contributed by atoms with Crippen LogP contribution < -0.4 is 15.5 Å². The molecule has 0 aliphatic carbocycles. The van der Waals surface area contributed by atoms with E-state index in [9.17, 15) is 9.59 Å². The molecule has 2 fully saturated rings. The number of nitrogens with one attached hydrogen (secondary N) is 2. The SMILES string of the molecule is O=C1CCC(Nc2cc(N3CCOCC3)nc(-c3ccccc3)n2)C(=O)N1. The predicted molar refractivity (Wildman–Crippen MR) is 100 cm³/mol. The van der Waals surface area contributed by atoms with Gasteiger partial charge in [-0.15, -0.1) is 0 Å². The number of imide groups is 1. The quantitative estimate of drug-likeness (QED) is 0.784. The molecule has 2 N–H and O–H groups in total. The Balaban J connectivity index is 1.65. The largest absolute Gasteiger partial charge is 0.378 e. The van der Waals surface area contributed by atoms with Crippen LogP contribution in [0.15, 0.2) is 36.4 Å². The Hall–Kier alpha value is -3.00. The number of benzene rings is 1. The summed E-state index contributed by atoms with van der Waals surface area (Å²) in [6, 6.07) is 11.1. The average molecular weight is 367 g/mol. The molecule has 4 rings (SSSR count). The number of carbonyl (C=O) groups excluding carboxylic acids is 2. The number of anilines is 2. The molecule has 2 saturated heterocycles. The molecule has 1 aromatic heterocycles. The molecule has 0 radical (unpaired) electrons. The number of hydrogen-bond donors (Lipinski definition) is 2. The Kier molecular flexibility index (Phi) is 4.97. The fourth-order valence-electron chi connectivity index (χ4n) is 3.19. The number of aromatic nitrogens is 2. The Bertz CT molecular complexity index is 836. The van der Waals surface area contributed by atoms with Gasteiger partial charge in [-0.05, 0) is 6.42 Å². The molecule has 1 aromatic carbocycles. The predicted octanol–water partition coefficient (Wildman–Crippen LogP) is 1.20. The van der Waals surface area contributed by atoms with Gasteiger partial charge in [-0.3, -0.25) is 14.9 Å². The van der Waals surface area contributed by atoms with Crippen LogP contribution in [0.5, 0.6) is 0 Å². The highest BCUT2D eigenvalue weighted by molar-refractivity contribution is 6.01. The number of carbonyl (C=O) groups is 2. The lowest BCUT2D eigenvalue weighted by Crippen LogP contribution is -2.47. The maximum Gasteiger partial charge on any atom is 0.249 e. The molecule has 3 heterocycles. The molecule has 2 aliphatic rings. The van der Waals surface area contributed by atoms with E-state index in [0.29, 0.717) is 37.7 Å². The molecule has 2 amide bonds. The van der Waals surface area contributed by atoms with E-state index in [2.05, 4.69) is 20.5 Å². The van der Waals surface area contributed by atoms with Crippen LogP contribution in [-0.4, -0.2) is 54.1 Å². The van der Waals surface area contributed by atoms with Gasteiger partial charge >= 0.3 is 0 Å². The molecule has 0 saturated carbocycles. The summed E-state index contributed by atoms with van der Waals surface area (Å²) >= 11 is 0. The van der Waals surface area contributed by atoms with E-state index in [1.165, 1.54) is 0 Å². The summed E-state index contributed by atoms with van der Waals surface area (Å²) in [5.74, 6) is 1.40. The van der Waals surface area contributed by atoms with Gasteiger partial charge in [0.2, 0.25) is 11.8 Å². The van der Waals surface area contributed by atoms with Crippen LogP contribution in [0, 0.1) is 0 Å². The van der Waals surface area contributed by atoms with Gasteiger partial charge in [0.25, 0.3) is 0 Å². The first-order valence-electron chi connectivity index (χ1n) is 9.06. The van der Waals surface area contributed by atoms with Crippen LogP contribution in [0.4, 0.5) is 11.6 Å². The van der Waals surface area contributed by atoms with Crippen molar-refractivity contribution in [1.82, 2.24) is 15.3 Å². The maximum absolute atomic E-state index is 12.1. The van der Waals surface area contributed by atoms with Crippen molar-refractivity contribution in [2.24, 2.45) is 0 Å². The van der Waals surface area contributed by atoms with Crippen LogP contribution >= 0.6 is 0 Å². The van der Waals surface area contributed by atoms with Crippen molar-refractivity contribution in [3.8, 4) is 11.4 Å². The minimum Gasteiger partial charge on any atom is -0.378 e. The van der Waals surface area contributed by atoms with Gasteiger partial charge in [0.1, 0.15) is 17.7 Å². The molecule has 8 heteroatoms. The molecule has 27 heavy (non-hydrogen) atoms. The number of piperidine rings is 1. The first kappa shape index (κ1) is 17.4. The van der Waals surface area contributed by atoms with Gasteiger partial charge in [-0.25, -0.2) is 9.97 Å². The lowest BCUT2D eigenvalue weighted by Gasteiger charge is -2.29. The molecule has 0 spiro atoms. The van der Waals surface area contributed by atoms with Crippen molar-refractivity contribution in [3.63, 3.8) is 0 Å². The maximum atomic E-state index is 12.1. The number of hydrogen-bond acceptors (Lipinski definition) is 7. The summed E-state index contributed by atoms with van der Waals surface area (Å²) in [4.78, 5) is 34.9. The van der Waals surface area contributed by atoms with E-state index in [1.54, 1.807) is 0 Å². The molecule has 2 aromatic rings. The lowest BCUT2D eigenvalue weighted by molar-refractivity contribution is -0.133. The minimum absolute atomic E-state index is 0.236. The van der Waals surface area contributed by atoms with E-state index in [-0.39, 0.29) is 11.8 Å². The van der Waals surface area contributed by atoms with E-state index in [1.807, 2.05) is 36.4 Å². The van der Waals surface area contributed by atoms with Crippen molar-refractivity contribution in [1.29, 1.82) is 0 Å². The fraction of sp³-hybridized carbons (Fsp3) is 0.368. The highest BCUT2D eigenvalue weighted by atomic mass is 16.5. The van der Waals surface area contributed by atoms with E-state index in [0.717, 1.165) is 24.5 Å². The van der Waals surface area contributed by atoms with Gasteiger partial charge in [0, 0.05) is 31.1 Å². The second kappa shape index (κ2) is 7.71. The third-order valence-electron chi connectivity index (χ3n) is 4.64. The first-order chi connectivity index (χ1) is 13.2. The summed E-state index contributed by atoms with van der Waals surface area (Å²) in [5, 5.41) is 5.53. The monoisotopic (exact) mass is 367 g/mol. The van der Waals surface area contributed by atoms with Crippen molar-refractivity contribution >= 4 is 23.5 Å². The van der Waals surface area contributed by atoms with Gasteiger partial charge < -0.3 is 15.0 Å². The summed E-state index contributed by atoms with van der Waals surface area (Å²) in [6.07, 6.45) is 0.762. The summed E-state index contributed by atoms with van der Waals surface area (Å²) in [7, 11) is 0. The highest BCUT2D eigenvalue weighted by Gasteiger charge is 2.27. The molecule has 2 aliphatic heterocycles. The Labute approximate surface area is 156 Å². The molecule has 0 bridgehead atoms. The Morgan fingerprint density at radius 3 is 2.63 bits per heavy atom. The Morgan fingerprint density at radius 1 is 1.11 bits per heavy atom. The molecular formula is C19H21N5O3. The summed E-state index contributed by atoms with van der Waals surface area (Å²) in [6.45, 7) is 2.81. The van der Waals surface area contributed by atoms with Crippen LogP contribution in [0.2, 0.25) is 0 Å². The van der Waals surface area contributed by atoms with Crippen LogP contribution in [0.1, 0.15) is 12.8 Å². The standard InChI is InChI=1S/C19H21N5O3/c25-17-7-6-14(19(26)23-17)20-15-12-16(24-8-10-27-11-9-24)22-18(21-15)13-4-2-1-3-5-13/h1-5,12,14H,6-11H2,(H,20,21,22)(H,23,25,26). The van der Waals surface area contributed by atoms with Gasteiger partial charge in [0.05, 0.1) is 13.2 Å². The zero-order valence-corrected chi connectivity index (χ0v) is 14.9. The minimum atomic E-state index is -0.487. The fourth-order valence-corrected chi connectivity index (χ4v) is 3.19. The number of ether oxygens (including phenoxy) is 1. The van der Waals surface area contributed by atoms with Crippen molar-refractivity contribution in [2.45, 2.75) is 18.9 Å². The van der Waals surface area contributed by atoms with Crippen molar-refractivity contribution in [2.75, 3.05) is 36.5 Å². The molecule has 1 unspecified atom stereocenters. The van der Waals surface area contributed by atoms with Gasteiger partial charge in [0.15, 0.2) is 5.82 Å². The first-order valence-corrected chi connectivity index (χ1v) is 9.06. The third kappa shape index (κ3) is 4.06. The number of rotatable bonds is 4. The third-order valence-corrected chi connectivity index (χ3v) is 4.64. The van der Waals surface area contributed by atoms with Crippen molar-refractivity contribution < 1.29 is 14.3 Å². The van der Waals surface area contributed by atoms with Crippen LogP contribution in [0.25, 0.3) is 11.4 Å². The number of amides is 2. The normalized spacial score (nSPS) is 20.3. The van der Waals surface area contributed by atoms with Gasteiger partial charge in [-0.2, -0.15) is 0 Å². The van der Waals surface area contributed by atoms with Crippen LogP contribution in [-0.2, 0) is 14.3 Å². The van der Waals surface area contributed by atoms with Crippen LogP contribution in [0.3, 0.4) is 0 Å². The second-order valence-electron chi connectivity index (χ2n) is 6.55. The van der Waals surface area contributed by atoms with Gasteiger partial charge in [-0.1, -0.05) is 30.3 Å². The summed E-state index contributed by atoms with van der Waals surface area (Å²) < 4.78 is 5.43. The van der Waals surface area contributed by atoms with E-state index < -0.39 is 6.04 Å². The number of morpholine rings is 1. The molecular weight excluding hydrogens is 346 g/mol. The van der Waals surface area contributed by atoms with E-state index in [4.69, 9.17) is 9.72 Å². The highest BCUT2D eigenvalue weighted by Crippen LogP contribution is 2.24. The summed E-state index contributed by atoms with van der Waals surface area (Å²) in [5.41, 5.74) is 0.902. The molecule has 140 valence electrons. The molecule has 8 nitrogen and oxygen atoms in total. The topological polar surface area (TPSA) is 96.5 Å². The smallest absolute Gasteiger partial charge is 0.249 e. The van der Waals surface area contributed by atoms with Crippen molar-refractivity contribution in [3.05, 3.63) is 36.4 Å². The second-order valence-corrected chi connectivity index (χ2v) is 6.55.